The van der Waals surface area contributed by atoms with Crippen molar-refractivity contribution in [3.63, 3.8) is 0 Å². The van der Waals surface area contributed by atoms with Crippen LogP contribution in [0.5, 0.6) is 0 Å². The van der Waals surface area contributed by atoms with E-state index in [2.05, 4.69) is 15.0 Å². The van der Waals surface area contributed by atoms with Gasteiger partial charge in [-0.3, -0.25) is 10.2 Å². The Morgan fingerprint density at radius 1 is 1.54 bits per heavy atom. The summed E-state index contributed by atoms with van der Waals surface area (Å²) in [6.07, 6.45) is 0. The van der Waals surface area contributed by atoms with E-state index in [1.54, 1.807) is 18.2 Å². The van der Waals surface area contributed by atoms with E-state index in [1.165, 1.54) is 11.5 Å². The molecule has 1 aromatic carbocycles. The molecule has 0 aliphatic rings. The van der Waals surface area contributed by atoms with E-state index >= 15 is 0 Å². The third-order valence-electron chi connectivity index (χ3n) is 1.65. The van der Waals surface area contributed by atoms with Gasteiger partial charge in [-0.15, -0.1) is 5.10 Å². The summed E-state index contributed by atoms with van der Waals surface area (Å²) >= 11 is 1.18. The molecular formula is C7H6N4OS. The van der Waals surface area contributed by atoms with Crippen molar-refractivity contribution < 1.29 is 4.79 Å². The number of nitrogens with zero attached hydrogens (tertiary/aromatic N) is 2. The molecule has 1 heterocycles. The van der Waals surface area contributed by atoms with Crippen LogP contribution in [0, 0.1) is 0 Å². The van der Waals surface area contributed by atoms with Gasteiger partial charge in [-0.2, -0.15) is 0 Å². The highest BCUT2D eigenvalue weighted by molar-refractivity contribution is 7.13. The average Bonchev–Trinajstić information content (AvgIpc) is 2.63. The number of carbonyl (C=O) groups excluding carboxylic acids is 1. The van der Waals surface area contributed by atoms with Gasteiger partial charge in [-0.25, -0.2) is 5.84 Å². The van der Waals surface area contributed by atoms with Gasteiger partial charge in [0.15, 0.2) is 0 Å². The maximum atomic E-state index is 11.2. The topological polar surface area (TPSA) is 80.9 Å². The zero-order valence-electron chi connectivity index (χ0n) is 6.52. The molecule has 0 aliphatic carbocycles. The molecule has 0 saturated heterocycles. The summed E-state index contributed by atoms with van der Waals surface area (Å²) in [4.78, 5) is 11.2. The first kappa shape index (κ1) is 8.09. The van der Waals surface area contributed by atoms with E-state index in [-0.39, 0.29) is 5.91 Å². The van der Waals surface area contributed by atoms with Crippen LogP contribution in [-0.2, 0) is 0 Å². The number of benzene rings is 1. The minimum absolute atomic E-state index is 0.323. The van der Waals surface area contributed by atoms with Crippen molar-refractivity contribution >= 4 is 27.7 Å². The maximum Gasteiger partial charge on any atom is 0.266 e. The third-order valence-corrected chi connectivity index (χ3v) is 2.43. The number of nitrogens with two attached hydrogens (primary N) is 1. The Hall–Kier alpha value is -1.53. The van der Waals surface area contributed by atoms with Crippen molar-refractivity contribution in [3.8, 4) is 0 Å². The van der Waals surface area contributed by atoms with Gasteiger partial charge in [0.25, 0.3) is 5.91 Å². The molecule has 2 rings (SSSR count). The fraction of sp³-hybridized carbons (Fsp3) is 0. The molecule has 0 aliphatic heterocycles. The van der Waals surface area contributed by atoms with E-state index in [0.717, 1.165) is 4.70 Å². The van der Waals surface area contributed by atoms with Crippen molar-refractivity contribution in [3.05, 3.63) is 23.8 Å². The predicted molar refractivity (Wildman–Crippen MR) is 49.1 cm³/mol. The fourth-order valence-corrected chi connectivity index (χ4v) is 1.73. The molecule has 0 unspecified atom stereocenters. The Labute approximate surface area is 77.7 Å². The van der Waals surface area contributed by atoms with E-state index < -0.39 is 0 Å². The number of hydrazine groups is 1. The monoisotopic (exact) mass is 194 g/mol. The van der Waals surface area contributed by atoms with Gasteiger partial charge in [0.2, 0.25) is 0 Å². The van der Waals surface area contributed by atoms with Gasteiger partial charge in [0, 0.05) is 0 Å². The molecule has 66 valence electrons. The minimum Gasteiger partial charge on any atom is -0.290 e. The lowest BCUT2D eigenvalue weighted by Gasteiger charge is -1.98. The molecular weight excluding hydrogens is 188 g/mol. The van der Waals surface area contributed by atoms with Crippen molar-refractivity contribution in [1.82, 2.24) is 15.0 Å². The largest absolute Gasteiger partial charge is 0.290 e. The molecule has 3 N–H and O–H groups in total. The SMILES string of the molecule is NNC(=O)c1cccc2nnsc12. The molecule has 1 aromatic heterocycles. The highest BCUT2D eigenvalue weighted by Gasteiger charge is 2.10. The van der Waals surface area contributed by atoms with Crippen LogP contribution in [-0.4, -0.2) is 15.5 Å². The molecule has 0 saturated carbocycles. The maximum absolute atomic E-state index is 11.2. The lowest BCUT2D eigenvalue weighted by molar-refractivity contribution is 0.0955. The molecule has 0 fully saturated rings. The predicted octanol–water partition coefficient (Wildman–Crippen LogP) is 0.295. The molecule has 2 aromatic rings. The number of nitrogen functional groups attached to an aromatic ring is 1. The Balaban J connectivity index is 2.67. The normalized spacial score (nSPS) is 10.2. The van der Waals surface area contributed by atoms with Crippen LogP contribution in [0.15, 0.2) is 18.2 Å². The third kappa shape index (κ3) is 1.25. The lowest BCUT2D eigenvalue weighted by Crippen LogP contribution is -2.29. The Kier molecular flexibility index (Phi) is 1.91. The first-order valence-electron chi connectivity index (χ1n) is 3.55. The second-order valence-electron chi connectivity index (χ2n) is 2.40. The number of carbonyl (C=O) groups is 1. The number of aromatic nitrogens is 2. The molecule has 6 heteroatoms. The standard InChI is InChI=1S/C7H6N4OS/c8-9-7(12)4-2-1-3-5-6(4)13-11-10-5/h1-3H,8H2,(H,9,12). The zero-order valence-corrected chi connectivity index (χ0v) is 7.34. The first-order valence-corrected chi connectivity index (χ1v) is 4.32. The summed E-state index contributed by atoms with van der Waals surface area (Å²) in [6, 6.07) is 5.23. The van der Waals surface area contributed by atoms with E-state index in [9.17, 15) is 4.79 Å². The summed E-state index contributed by atoms with van der Waals surface area (Å²) in [5.41, 5.74) is 3.30. The number of hydrogen-bond donors (Lipinski definition) is 2. The summed E-state index contributed by atoms with van der Waals surface area (Å²) in [6.45, 7) is 0. The second-order valence-corrected chi connectivity index (χ2v) is 3.15. The number of amides is 1. The van der Waals surface area contributed by atoms with Crippen LogP contribution in [0.4, 0.5) is 0 Å². The van der Waals surface area contributed by atoms with Crippen LogP contribution < -0.4 is 11.3 Å². The fourth-order valence-electron chi connectivity index (χ4n) is 1.06. The lowest BCUT2D eigenvalue weighted by atomic mass is 10.2. The van der Waals surface area contributed by atoms with E-state index in [1.807, 2.05) is 0 Å². The number of rotatable bonds is 1. The van der Waals surface area contributed by atoms with E-state index in [4.69, 9.17) is 5.84 Å². The Morgan fingerprint density at radius 3 is 3.15 bits per heavy atom. The highest BCUT2D eigenvalue weighted by Crippen LogP contribution is 2.19. The van der Waals surface area contributed by atoms with Gasteiger partial charge in [0.05, 0.1) is 10.3 Å². The first-order chi connectivity index (χ1) is 6.33. The smallest absolute Gasteiger partial charge is 0.266 e. The van der Waals surface area contributed by atoms with Crippen LogP contribution in [0.3, 0.4) is 0 Å². The minimum atomic E-state index is -0.323. The number of hydrogen-bond acceptors (Lipinski definition) is 5. The number of fused-ring (bicyclic) bond motifs is 1. The van der Waals surface area contributed by atoms with Gasteiger partial charge in [0.1, 0.15) is 5.52 Å². The molecule has 1 amide bonds. The molecule has 13 heavy (non-hydrogen) atoms. The van der Waals surface area contributed by atoms with Crippen LogP contribution in [0.25, 0.3) is 10.2 Å². The molecule has 0 radical (unpaired) electrons. The van der Waals surface area contributed by atoms with Crippen molar-refractivity contribution in [2.24, 2.45) is 5.84 Å². The summed E-state index contributed by atoms with van der Waals surface area (Å²) in [7, 11) is 0. The Morgan fingerprint density at radius 2 is 2.38 bits per heavy atom. The molecule has 5 nitrogen and oxygen atoms in total. The van der Waals surface area contributed by atoms with Gasteiger partial charge >= 0.3 is 0 Å². The summed E-state index contributed by atoms with van der Waals surface area (Å²) in [5.74, 6) is 4.71. The zero-order chi connectivity index (χ0) is 9.26. The Bertz CT molecular complexity index is 452. The average molecular weight is 194 g/mol. The summed E-state index contributed by atoms with van der Waals surface area (Å²) in [5, 5.41) is 3.84. The second kappa shape index (κ2) is 3.08. The molecule has 0 spiro atoms. The van der Waals surface area contributed by atoms with Crippen molar-refractivity contribution in [2.45, 2.75) is 0 Å². The highest BCUT2D eigenvalue weighted by atomic mass is 32.1. The van der Waals surface area contributed by atoms with E-state index in [0.29, 0.717) is 11.1 Å². The summed E-state index contributed by atoms with van der Waals surface area (Å²) < 4.78 is 4.50. The molecule has 0 atom stereocenters. The quantitative estimate of drug-likeness (QED) is 0.388. The van der Waals surface area contributed by atoms with Crippen molar-refractivity contribution in [2.75, 3.05) is 0 Å². The number of nitrogens with one attached hydrogen (secondary N) is 1. The van der Waals surface area contributed by atoms with Crippen molar-refractivity contribution in [1.29, 1.82) is 0 Å². The van der Waals surface area contributed by atoms with Gasteiger partial charge in [-0.1, -0.05) is 10.6 Å². The van der Waals surface area contributed by atoms with Crippen LogP contribution in [0.1, 0.15) is 10.4 Å². The molecule has 0 bridgehead atoms. The van der Waals surface area contributed by atoms with Crippen LogP contribution >= 0.6 is 11.5 Å². The van der Waals surface area contributed by atoms with Crippen LogP contribution in [0.2, 0.25) is 0 Å². The van der Waals surface area contributed by atoms with Gasteiger partial charge in [-0.05, 0) is 23.7 Å². The van der Waals surface area contributed by atoms with Gasteiger partial charge < -0.3 is 0 Å².